The first kappa shape index (κ1) is 16.9. The monoisotopic (exact) mass is 303 g/mol. The Morgan fingerprint density at radius 1 is 1.18 bits per heavy atom. The van der Waals surface area contributed by atoms with E-state index >= 15 is 0 Å². The highest BCUT2D eigenvalue weighted by Gasteiger charge is 2.21. The van der Waals surface area contributed by atoms with Crippen molar-refractivity contribution in [3.8, 4) is 11.5 Å². The van der Waals surface area contributed by atoms with Crippen molar-refractivity contribution in [3.05, 3.63) is 29.8 Å². The molecule has 0 bridgehead atoms. The van der Waals surface area contributed by atoms with Crippen molar-refractivity contribution in [2.24, 2.45) is 11.8 Å². The van der Waals surface area contributed by atoms with Crippen LogP contribution in [0.5, 0.6) is 11.5 Å². The van der Waals surface area contributed by atoms with Crippen molar-refractivity contribution in [2.45, 2.75) is 27.2 Å². The maximum absolute atomic E-state index is 5.94. The van der Waals surface area contributed by atoms with E-state index < -0.39 is 0 Å². The fraction of sp³-hybridized carbons (Fsp3) is 0.579. The summed E-state index contributed by atoms with van der Waals surface area (Å²) in [4.78, 5) is 2.51. The van der Waals surface area contributed by atoms with Crippen molar-refractivity contribution in [2.75, 3.05) is 33.4 Å². The summed E-state index contributed by atoms with van der Waals surface area (Å²) in [5, 5.41) is 0. The third-order valence-electron chi connectivity index (χ3n) is 4.16. The Bertz CT molecular complexity index is 488. The Kier molecular flexibility index (Phi) is 6.32. The van der Waals surface area contributed by atoms with Crippen LogP contribution in [-0.2, 0) is 0 Å². The summed E-state index contributed by atoms with van der Waals surface area (Å²) >= 11 is 0. The summed E-state index contributed by atoms with van der Waals surface area (Å²) in [6, 6.07) is 6.07. The molecule has 3 nitrogen and oxygen atoms in total. The van der Waals surface area contributed by atoms with E-state index in [1.54, 1.807) is 7.11 Å². The van der Waals surface area contributed by atoms with Gasteiger partial charge in [-0.25, -0.2) is 0 Å². The zero-order valence-corrected chi connectivity index (χ0v) is 14.3. The topological polar surface area (TPSA) is 21.7 Å². The average Bonchev–Trinajstić information content (AvgIpc) is 2.48. The van der Waals surface area contributed by atoms with Crippen LogP contribution in [0.2, 0.25) is 0 Å². The van der Waals surface area contributed by atoms with Crippen LogP contribution in [0.15, 0.2) is 24.3 Å². The minimum Gasteiger partial charge on any atom is -0.493 e. The first-order valence-electron chi connectivity index (χ1n) is 8.28. The predicted molar refractivity (Wildman–Crippen MR) is 92.6 cm³/mol. The molecular weight excluding hydrogens is 274 g/mol. The van der Waals surface area contributed by atoms with Crippen LogP contribution in [0.3, 0.4) is 0 Å². The van der Waals surface area contributed by atoms with Gasteiger partial charge in [-0.2, -0.15) is 0 Å². The lowest BCUT2D eigenvalue weighted by Gasteiger charge is -2.34. The van der Waals surface area contributed by atoms with Crippen LogP contribution in [0.4, 0.5) is 0 Å². The number of piperidine rings is 1. The predicted octanol–water partition coefficient (Wildman–Crippen LogP) is 4.09. The lowest BCUT2D eigenvalue weighted by atomic mass is 9.92. The van der Waals surface area contributed by atoms with Gasteiger partial charge in [-0.05, 0) is 42.9 Å². The molecule has 22 heavy (non-hydrogen) atoms. The number of hydrogen-bond donors (Lipinski definition) is 0. The van der Waals surface area contributed by atoms with E-state index in [4.69, 9.17) is 9.47 Å². The third-order valence-corrected chi connectivity index (χ3v) is 4.16. The smallest absolute Gasteiger partial charge is 0.161 e. The van der Waals surface area contributed by atoms with Gasteiger partial charge in [0.25, 0.3) is 0 Å². The number of ether oxygens (including phenoxy) is 2. The number of hydrogen-bond acceptors (Lipinski definition) is 3. The maximum Gasteiger partial charge on any atom is 0.161 e. The molecule has 1 heterocycles. The van der Waals surface area contributed by atoms with Crippen LogP contribution in [-0.4, -0.2) is 38.3 Å². The Balaban J connectivity index is 1.88. The standard InChI is InChI=1S/C19H29NO2/c1-5-6-17-7-8-18(19(12-17)21-4)22-10-9-20-13-15(2)11-16(3)14-20/h5-8,12,15-16H,9-11,13-14H2,1-4H3. The summed E-state index contributed by atoms with van der Waals surface area (Å²) in [6.07, 6.45) is 5.42. The summed E-state index contributed by atoms with van der Waals surface area (Å²) in [6.45, 7) is 10.7. The number of rotatable bonds is 6. The van der Waals surface area contributed by atoms with Crippen LogP contribution < -0.4 is 9.47 Å². The molecule has 1 saturated heterocycles. The van der Waals surface area contributed by atoms with E-state index in [2.05, 4.69) is 30.9 Å². The molecule has 0 spiro atoms. The molecule has 1 aliphatic rings. The number of methoxy groups -OCH3 is 1. The average molecular weight is 303 g/mol. The number of benzene rings is 1. The van der Waals surface area contributed by atoms with Crippen molar-refractivity contribution < 1.29 is 9.47 Å². The van der Waals surface area contributed by atoms with E-state index in [1.165, 1.54) is 19.5 Å². The Hall–Kier alpha value is -1.48. The van der Waals surface area contributed by atoms with Crippen molar-refractivity contribution in [1.29, 1.82) is 0 Å². The summed E-state index contributed by atoms with van der Waals surface area (Å²) < 4.78 is 11.4. The van der Waals surface area contributed by atoms with Gasteiger partial charge in [0.05, 0.1) is 7.11 Å². The lowest BCUT2D eigenvalue weighted by Crippen LogP contribution is -2.40. The molecular formula is C19H29NO2. The molecule has 1 aromatic rings. The molecule has 2 atom stereocenters. The fourth-order valence-electron chi connectivity index (χ4n) is 3.36. The SMILES string of the molecule is CC=Cc1ccc(OCCN2CC(C)CC(C)C2)c(OC)c1. The number of allylic oxidation sites excluding steroid dienone is 1. The highest BCUT2D eigenvalue weighted by atomic mass is 16.5. The molecule has 1 aliphatic heterocycles. The van der Waals surface area contributed by atoms with E-state index in [0.29, 0.717) is 6.61 Å². The van der Waals surface area contributed by atoms with E-state index in [0.717, 1.165) is 35.4 Å². The highest BCUT2D eigenvalue weighted by molar-refractivity contribution is 5.55. The molecule has 0 aromatic heterocycles. The summed E-state index contributed by atoms with van der Waals surface area (Å²) in [5.74, 6) is 3.21. The Morgan fingerprint density at radius 3 is 2.55 bits per heavy atom. The van der Waals surface area contributed by atoms with Crippen LogP contribution in [0, 0.1) is 11.8 Å². The second-order valence-electron chi connectivity index (χ2n) is 6.46. The van der Waals surface area contributed by atoms with Crippen LogP contribution >= 0.6 is 0 Å². The molecule has 122 valence electrons. The fourth-order valence-corrected chi connectivity index (χ4v) is 3.36. The number of likely N-dealkylation sites (tertiary alicyclic amines) is 1. The van der Waals surface area contributed by atoms with Gasteiger partial charge in [0.2, 0.25) is 0 Å². The van der Waals surface area contributed by atoms with Gasteiger partial charge in [-0.1, -0.05) is 32.1 Å². The van der Waals surface area contributed by atoms with Crippen LogP contribution in [0.25, 0.3) is 6.08 Å². The van der Waals surface area contributed by atoms with E-state index in [1.807, 2.05) is 25.1 Å². The quantitative estimate of drug-likeness (QED) is 0.790. The molecule has 2 rings (SSSR count). The zero-order chi connectivity index (χ0) is 15.9. The van der Waals surface area contributed by atoms with Gasteiger partial charge >= 0.3 is 0 Å². The second-order valence-corrected chi connectivity index (χ2v) is 6.46. The highest BCUT2D eigenvalue weighted by Crippen LogP contribution is 2.28. The molecule has 0 N–H and O–H groups in total. The van der Waals surface area contributed by atoms with Gasteiger partial charge < -0.3 is 9.47 Å². The molecule has 3 heteroatoms. The Morgan fingerprint density at radius 2 is 1.91 bits per heavy atom. The molecule has 0 radical (unpaired) electrons. The first-order chi connectivity index (χ1) is 10.6. The summed E-state index contributed by atoms with van der Waals surface area (Å²) in [7, 11) is 1.69. The summed E-state index contributed by atoms with van der Waals surface area (Å²) in [5.41, 5.74) is 1.13. The molecule has 1 aromatic carbocycles. The second kappa shape index (κ2) is 8.23. The Labute approximate surface area is 134 Å². The normalized spacial score (nSPS) is 22.9. The van der Waals surface area contributed by atoms with E-state index in [9.17, 15) is 0 Å². The van der Waals surface area contributed by atoms with Gasteiger partial charge in [0, 0.05) is 19.6 Å². The molecule has 0 saturated carbocycles. The van der Waals surface area contributed by atoms with Gasteiger partial charge in [-0.3, -0.25) is 4.90 Å². The largest absolute Gasteiger partial charge is 0.493 e. The van der Waals surface area contributed by atoms with Crippen molar-refractivity contribution in [3.63, 3.8) is 0 Å². The van der Waals surface area contributed by atoms with Crippen molar-refractivity contribution in [1.82, 2.24) is 4.90 Å². The zero-order valence-electron chi connectivity index (χ0n) is 14.3. The first-order valence-corrected chi connectivity index (χ1v) is 8.28. The van der Waals surface area contributed by atoms with Gasteiger partial charge in [-0.15, -0.1) is 0 Å². The molecule has 0 amide bonds. The minimum atomic E-state index is 0.707. The lowest BCUT2D eigenvalue weighted by molar-refractivity contribution is 0.120. The third kappa shape index (κ3) is 4.77. The molecule has 2 unspecified atom stereocenters. The number of nitrogens with zero attached hydrogens (tertiary/aromatic N) is 1. The maximum atomic E-state index is 5.94. The van der Waals surface area contributed by atoms with Gasteiger partial charge in [0.15, 0.2) is 11.5 Å². The minimum absolute atomic E-state index is 0.707. The van der Waals surface area contributed by atoms with E-state index in [-0.39, 0.29) is 0 Å². The van der Waals surface area contributed by atoms with Crippen molar-refractivity contribution >= 4 is 6.08 Å². The molecule has 1 fully saturated rings. The van der Waals surface area contributed by atoms with Gasteiger partial charge in [0.1, 0.15) is 6.61 Å². The van der Waals surface area contributed by atoms with Crippen LogP contribution in [0.1, 0.15) is 32.8 Å². The molecule has 0 aliphatic carbocycles.